The highest BCUT2D eigenvalue weighted by molar-refractivity contribution is 5.93. The summed E-state index contributed by atoms with van der Waals surface area (Å²) in [6.07, 6.45) is -2.95. The lowest BCUT2D eigenvalue weighted by molar-refractivity contribution is -0.159. The van der Waals surface area contributed by atoms with Crippen LogP contribution in [0.3, 0.4) is 0 Å². The van der Waals surface area contributed by atoms with Crippen molar-refractivity contribution in [3.05, 3.63) is 65.1 Å². The van der Waals surface area contributed by atoms with Crippen molar-refractivity contribution in [3.63, 3.8) is 0 Å². The van der Waals surface area contributed by atoms with Gasteiger partial charge in [0.25, 0.3) is 0 Å². The second-order valence-electron chi connectivity index (χ2n) is 10.1. The summed E-state index contributed by atoms with van der Waals surface area (Å²) in [6.45, 7) is 5.11. The van der Waals surface area contributed by atoms with Crippen LogP contribution in [0.4, 0.5) is 22.0 Å². The van der Waals surface area contributed by atoms with Gasteiger partial charge in [-0.1, -0.05) is 18.2 Å². The van der Waals surface area contributed by atoms with Crippen LogP contribution in [0.1, 0.15) is 67.8 Å². The van der Waals surface area contributed by atoms with Gasteiger partial charge in [0.2, 0.25) is 0 Å². The van der Waals surface area contributed by atoms with Crippen LogP contribution in [0, 0.1) is 0 Å². The highest BCUT2D eigenvalue weighted by Crippen LogP contribution is 2.52. The zero-order valence-corrected chi connectivity index (χ0v) is 21.3. The molecule has 5 rings (SSSR count). The number of hydrogen-bond donors (Lipinski definition) is 2. The SMILES string of the molecule is C=N/C(=N\C=C(/C)c1ccc2nc3n(c2c1)[C@@H]1CC3N[C@@H](C(F)(F)F)c2cccc(OC(F)F)c21)C(C)(C)O. The fraction of sp³-hybridized carbons (Fsp3) is 0.370. The fourth-order valence-electron chi connectivity index (χ4n) is 5.31. The molecule has 1 aromatic heterocycles. The second kappa shape index (κ2) is 9.53. The van der Waals surface area contributed by atoms with Crippen molar-refractivity contribution < 1.29 is 31.8 Å². The molecule has 0 radical (unpaired) electrons. The molecule has 2 N–H and O–H groups in total. The van der Waals surface area contributed by atoms with Crippen LogP contribution in [0.2, 0.25) is 0 Å². The molecule has 2 aliphatic heterocycles. The van der Waals surface area contributed by atoms with Crippen molar-refractivity contribution >= 4 is 29.2 Å². The van der Waals surface area contributed by atoms with E-state index in [1.165, 1.54) is 38.2 Å². The Morgan fingerprint density at radius 3 is 2.64 bits per heavy atom. The topological polar surface area (TPSA) is 84.0 Å². The highest BCUT2D eigenvalue weighted by Gasteiger charge is 2.50. The molecule has 0 saturated carbocycles. The minimum Gasteiger partial charge on any atom is -0.434 e. The molecule has 206 valence electrons. The van der Waals surface area contributed by atoms with Gasteiger partial charge < -0.3 is 14.4 Å². The van der Waals surface area contributed by atoms with Crippen LogP contribution in [0.25, 0.3) is 16.6 Å². The van der Waals surface area contributed by atoms with Crippen LogP contribution in [-0.4, -0.2) is 45.6 Å². The van der Waals surface area contributed by atoms with E-state index < -0.39 is 36.5 Å². The standard InChI is InChI=1S/C27H26F5N5O2/c1-13(12-34-24(33-4)26(2,3)38)14-8-9-16-18(10-14)37-19-11-17(23(37)36-16)35-22(27(30,31)32)15-6-5-7-20(21(15)19)39-25(28)29/h5-10,12,17,19,22,25,35,38H,4,11H2,1-3H3/b13-12+,34-24-/t17?,19-,22-/m1/s1. The molecule has 0 saturated heterocycles. The van der Waals surface area contributed by atoms with Crippen molar-refractivity contribution in [2.24, 2.45) is 9.98 Å². The zero-order chi connectivity index (χ0) is 28.3. The number of ether oxygens (including phenoxy) is 1. The van der Waals surface area contributed by atoms with E-state index >= 15 is 0 Å². The minimum absolute atomic E-state index is 0.0577. The van der Waals surface area contributed by atoms with Crippen molar-refractivity contribution in [1.29, 1.82) is 0 Å². The van der Waals surface area contributed by atoms with Crippen LogP contribution in [0.5, 0.6) is 5.75 Å². The Hall–Kier alpha value is -3.64. The fourth-order valence-corrected chi connectivity index (χ4v) is 5.31. The van der Waals surface area contributed by atoms with E-state index in [1.54, 1.807) is 23.6 Å². The molecule has 39 heavy (non-hydrogen) atoms. The molecule has 2 bridgehead atoms. The zero-order valence-electron chi connectivity index (χ0n) is 21.3. The monoisotopic (exact) mass is 547 g/mol. The Kier molecular flexibility index (Phi) is 6.58. The molecule has 0 amide bonds. The number of aromatic nitrogens is 2. The molecule has 0 spiro atoms. The first-order valence-corrected chi connectivity index (χ1v) is 12.2. The second-order valence-corrected chi connectivity index (χ2v) is 10.1. The van der Waals surface area contributed by atoms with Gasteiger partial charge in [0.05, 0.1) is 23.1 Å². The molecule has 2 aromatic carbocycles. The number of benzene rings is 2. The molecular weight excluding hydrogens is 521 g/mol. The van der Waals surface area contributed by atoms with Crippen molar-refractivity contribution in [3.8, 4) is 5.75 Å². The number of nitrogens with zero attached hydrogens (tertiary/aromatic N) is 4. The Labute approximate surface area is 220 Å². The number of hydrogen-bond acceptors (Lipinski definition) is 5. The average Bonchev–Trinajstić information content (AvgIpc) is 3.30. The summed E-state index contributed by atoms with van der Waals surface area (Å²) in [6, 6.07) is 5.66. The number of alkyl halides is 5. The third-order valence-electron chi connectivity index (χ3n) is 6.99. The smallest absolute Gasteiger partial charge is 0.407 e. The van der Waals surface area contributed by atoms with E-state index in [1.807, 2.05) is 6.07 Å². The number of imidazole rings is 1. The molecule has 0 aliphatic carbocycles. The molecule has 3 aromatic rings. The van der Waals surface area contributed by atoms with E-state index in [0.29, 0.717) is 22.4 Å². The van der Waals surface area contributed by atoms with E-state index in [4.69, 9.17) is 4.74 Å². The maximum atomic E-state index is 14.1. The van der Waals surface area contributed by atoms with Crippen molar-refractivity contribution in [2.75, 3.05) is 0 Å². The van der Waals surface area contributed by atoms with E-state index in [9.17, 15) is 27.1 Å². The summed E-state index contributed by atoms with van der Waals surface area (Å²) in [4.78, 5) is 12.6. The van der Waals surface area contributed by atoms with Gasteiger partial charge in [-0.25, -0.2) is 15.0 Å². The molecule has 3 atom stereocenters. The number of rotatable bonds is 5. The van der Waals surface area contributed by atoms with Crippen molar-refractivity contribution in [1.82, 2.24) is 14.9 Å². The number of aliphatic hydroxyl groups is 1. The summed E-state index contributed by atoms with van der Waals surface area (Å²) in [5, 5.41) is 12.8. The van der Waals surface area contributed by atoms with Crippen LogP contribution in [-0.2, 0) is 0 Å². The Bertz CT molecular complexity index is 1500. The number of nitrogens with one attached hydrogen (secondary N) is 1. The predicted octanol–water partition coefficient (Wildman–Crippen LogP) is 6.11. The Morgan fingerprint density at radius 1 is 1.26 bits per heavy atom. The number of allylic oxidation sites excluding steroid dienone is 1. The number of fused-ring (bicyclic) bond motifs is 9. The highest BCUT2D eigenvalue weighted by atomic mass is 19.4. The Morgan fingerprint density at radius 2 is 2.00 bits per heavy atom. The third-order valence-corrected chi connectivity index (χ3v) is 6.99. The van der Waals surface area contributed by atoms with Crippen LogP contribution >= 0.6 is 0 Å². The van der Waals surface area contributed by atoms with Gasteiger partial charge in [-0.2, -0.15) is 22.0 Å². The molecule has 0 fully saturated rings. The predicted molar refractivity (Wildman–Crippen MR) is 137 cm³/mol. The normalized spacial score (nSPS) is 21.6. The summed E-state index contributed by atoms with van der Waals surface area (Å²) in [7, 11) is 0. The van der Waals surface area contributed by atoms with Gasteiger partial charge in [0.1, 0.15) is 23.2 Å². The van der Waals surface area contributed by atoms with Gasteiger partial charge in [-0.3, -0.25) is 5.32 Å². The lowest BCUT2D eigenvalue weighted by Crippen LogP contribution is -2.36. The van der Waals surface area contributed by atoms with Crippen LogP contribution in [0.15, 0.2) is 52.6 Å². The van der Waals surface area contributed by atoms with E-state index in [0.717, 1.165) is 5.56 Å². The van der Waals surface area contributed by atoms with Gasteiger partial charge >= 0.3 is 12.8 Å². The number of amidine groups is 1. The molecule has 7 nitrogen and oxygen atoms in total. The van der Waals surface area contributed by atoms with Gasteiger partial charge in [0, 0.05) is 11.8 Å². The maximum Gasteiger partial charge on any atom is 0.407 e. The average molecular weight is 548 g/mol. The third kappa shape index (κ3) is 4.82. The first kappa shape index (κ1) is 26.9. The summed E-state index contributed by atoms with van der Waals surface area (Å²) < 4.78 is 75.6. The first-order valence-electron chi connectivity index (χ1n) is 12.2. The summed E-state index contributed by atoms with van der Waals surface area (Å²) >= 11 is 0. The quantitative estimate of drug-likeness (QED) is 0.229. The molecular formula is C27H26F5N5O2. The summed E-state index contributed by atoms with van der Waals surface area (Å²) in [5.74, 6) is 0.224. The van der Waals surface area contributed by atoms with E-state index in [-0.39, 0.29) is 29.1 Å². The van der Waals surface area contributed by atoms with Gasteiger partial charge in [-0.15, -0.1) is 0 Å². The van der Waals surface area contributed by atoms with E-state index in [2.05, 4.69) is 27.0 Å². The largest absolute Gasteiger partial charge is 0.434 e. The number of halogens is 5. The molecule has 2 aliphatic rings. The maximum absolute atomic E-state index is 14.1. The van der Waals surface area contributed by atoms with Gasteiger partial charge in [0.15, 0.2) is 5.84 Å². The molecule has 12 heteroatoms. The van der Waals surface area contributed by atoms with Gasteiger partial charge in [-0.05, 0) is 68.8 Å². The minimum atomic E-state index is -4.67. The van der Waals surface area contributed by atoms with Crippen molar-refractivity contribution in [2.45, 2.75) is 63.7 Å². The first-order chi connectivity index (χ1) is 18.3. The number of aliphatic imine (C=N–C) groups is 2. The lowest BCUT2D eigenvalue weighted by atomic mass is 9.94. The van der Waals surface area contributed by atoms with Crippen LogP contribution < -0.4 is 10.1 Å². The molecule has 3 heterocycles. The lowest BCUT2D eigenvalue weighted by Gasteiger charge is -2.28. The molecule has 1 unspecified atom stereocenters. The Balaban J connectivity index is 1.66. The summed E-state index contributed by atoms with van der Waals surface area (Å²) in [5.41, 5.74) is 1.24.